The van der Waals surface area contributed by atoms with E-state index in [4.69, 9.17) is 4.42 Å². The molecule has 0 spiro atoms. The highest BCUT2D eigenvalue weighted by Crippen LogP contribution is 2.33. The summed E-state index contributed by atoms with van der Waals surface area (Å²) in [7, 11) is 0. The molecule has 0 saturated carbocycles. The van der Waals surface area contributed by atoms with Crippen LogP contribution in [0.5, 0.6) is 0 Å². The topological polar surface area (TPSA) is 67.5 Å². The largest absolute Gasteiger partial charge is 0.478 e. The van der Waals surface area contributed by atoms with Crippen LogP contribution in [0.2, 0.25) is 0 Å². The van der Waals surface area contributed by atoms with Crippen LogP contribution < -0.4 is 5.63 Å². The number of fused-ring (bicyclic) bond motifs is 1. The number of carbonyl (C=O) groups is 1. The molecule has 4 nitrogen and oxygen atoms in total. The summed E-state index contributed by atoms with van der Waals surface area (Å²) in [6.07, 6.45) is 0. The van der Waals surface area contributed by atoms with Gasteiger partial charge in [-0.1, -0.05) is 60.7 Å². The first-order valence-corrected chi connectivity index (χ1v) is 8.09. The van der Waals surface area contributed by atoms with Crippen molar-refractivity contribution in [2.75, 3.05) is 0 Å². The summed E-state index contributed by atoms with van der Waals surface area (Å²) in [4.78, 5) is 23.9. The summed E-state index contributed by atoms with van der Waals surface area (Å²) < 4.78 is 5.33. The molecule has 0 atom stereocenters. The van der Waals surface area contributed by atoms with Crippen LogP contribution in [-0.4, -0.2) is 11.1 Å². The zero-order valence-corrected chi connectivity index (χ0v) is 13.7. The lowest BCUT2D eigenvalue weighted by Gasteiger charge is -2.11. The molecule has 3 aromatic carbocycles. The zero-order chi connectivity index (χ0) is 18.1. The first-order chi connectivity index (χ1) is 12.6. The highest BCUT2D eigenvalue weighted by Gasteiger charge is 2.17. The Balaban J connectivity index is 2.05. The van der Waals surface area contributed by atoms with Crippen molar-refractivity contribution >= 4 is 16.7 Å². The molecule has 1 heterocycles. The Morgan fingerprint density at radius 1 is 0.808 bits per heavy atom. The third-order valence-electron chi connectivity index (χ3n) is 4.28. The van der Waals surface area contributed by atoms with Crippen molar-refractivity contribution in [1.29, 1.82) is 0 Å². The molecular formula is C22H14O4. The van der Waals surface area contributed by atoms with Crippen LogP contribution in [0, 0.1) is 0 Å². The average Bonchev–Trinajstić information content (AvgIpc) is 2.67. The van der Waals surface area contributed by atoms with E-state index in [0.717, 1.165) is 16.3 Å². The summed E-state index contributed by atoms with van der Waals surface area (Å²) >= 11 is 0. The highest BCUT2D eigenvalue weighted by molar-refractivity contribution is 6.07. The van der Waals surface area contributed by atoms with E-state index in [1.165, 1.54) is 6.07 Å². The predicted octanol–water partition coefficient (Wildman–Crippen LogP) is 4.83. The number of benzene rings is 3. The van der Waals surface area contributed by atoms with Crippen molar-refractivity contribution in [3.63, 3.8) is 0 Å². The van der Waals surface area contributed by atoms with Gasteiger partial charge in [-0.2, -0.15) is 0 Å². The van der Waals surface area contributed by atoms with Crippen LogP contribution in [0.1, 0.15) is 10.4 Å². The minimum atomic E-state index is -1.04. The Morgan fingerprint density at radius 3 is 2.31 bits per heavy atom. The molecule has 0 aliphatic carbocycles. The van der Waals surface area contributed by atoms with E-state index in [2.05, 4.69) is 0 Å². The molecule has 1 N–H and O–H groups in total. The smallest absolute Gasteiger partial charge is 0.336 e. The number of hydrogen-bond acceptors (Lipinski definition) is 3. The van der Waals surface area contributed by atoms with Crippen LogP contribution in [0.3, 0.4) is 0 Å². The fraction of sp³-hybridized carbons (Fsp3) is 0. The molecule has 0 bridgehead atoms. The van der Waals surface area contributed by atoms with Gasteiger partial charge in [0, 0.05) is 17.2 Å². The fourth-order valence-electron chi connectivity index (χ4n) is 3.13. The van der Waals surface area contributed by atoms with Gasteiger partial charge in [0.25, 0.3) is 0 Å². The van der Waals surface area contributed by atoms with Crippen molar-refractivity contribution < 1.29 is 14.3 Å². The maximum absolute atomic E-state index is 12.2. The van der Waals surface area contributed by atoms with E-state index in [-0.39, 0.29) is 5.56 Å². The summed E-state index contributed by atoms with van der Waals surface area (Å²) in [6, 6.07) is 23.1. The molecule has 126 valence electrons. The fourth-order valence-corrected chi connectivity index (χ4v) is 3.13. The highest BCUT2D eigenvalue weighted by atomic mass is 16.4. The van der Waals surface area contributed by atoms with E-state index in [9.17, 15) is 14.7 Å². The third kappa shape index (κ3) is 2.78. The minimum Gasteiger partial charge on any atom is -0.478 e. The molecular weight excluding hydrogens is 328 g/mol. The maximum atomic E-state index is 12.2. The number of carboxylic acid groups (broad SMARTS) is 1. The quantitative estimate of drug-likeness (QED) is 0.579. The van der Waals surface area contributed by atoms with E-state index in [1.807, 2.05) is 54.6 Å². The monoisotopic (exact) mass is 342 g/mol. The van der Waals surface area contributed by atoms with Crippen LogP contribution in [0.4, 0.5) is 0 Å². The van der Waals surface area contributed by atoms with Gasteiger partial charge >= 0.3 is 11.6 Å². The molecule has 1 aromatic heterocycles. The maximum Gasteiger partial charge on any atom is 0.336 e. The molecule has 0 unspecified atom stereocenters. The summed E-state index contributed by atoms with van der Waals surface area (Å²) in [5.74, 6) is -0.641. The first kappa shape index (κ1) is 15.8. The molecule has 4 rings (SSSR count). The number of rotatable bonds is 3. The summed E-state index contributed by atoms with van der Waals surface area (Å²) in [5, 5.41) is 11.3. The molecule has 0 saturated heterocycles. The molecule has 0 aliphatic heterocycles. The lowest BCUT2D eigenvalue weighted by Crippen LogP contribution is -2.04. The van der Waals surface area contributed by atoms with E-state index < -0.39 is 11.6 Å². The van der Waals surface area contributed by atoms with E-state index in [0.29, 0.717) is 16.9 Å². The normalized spacial score (nSPS) is 10.8. The Bertz CT molecular complexity index is 1170. The van der Waals surface area contributed by atoms with Crippen molar-refractivity contribution in [1.82, 2.24) is 0 Å². The number of hydrogen-bond donors (Lipinski definition) is 1. The van der Waals surface area contributed by atoms with Gasteiger partial charge in [0.2, 0.25) is 0 Å². The summed E-state index contributed by atoms with van der Waals surface area (Å²) in [5.41, 5.74) is 1.41. The summed E-state index contributed by atoms with van der Waals surface area (Å²) in [6.45, 7) is 0. The van der Waals surface area contributed by atoms with Crippen LogP contribution in [0.25, 0.3) is 33.2 Å². The lowest BCUT2D eigenvalue weighted by molar-refractivity contribution is 0.0698. The van der Waals surface area contributed by atoms with Crippen LogP contribution in [-0.2, 0) is 0 Å². The van der Waals surface area contributed by atoms with Crippen molar-refractivity contribution in [2.45, 2.75) is 0 Å². The molecule has 4 aromatic rings. The first-order valence-electron chi connectivity index (χ1n) is 8.09. The van der Waals surface area contributed by atoms with Crippen molar-refractivity contribution in [2.24, 2.45) is 0 Å². The standard InChI is InChI=1S/C22H14O4/c23-20-13-16(12-19(26-20)15-7-2-1-3-8-15)21-17-9-5-4-6-14(17)10-11-18(21)22(24)25/h1-13H,(H,24,25). The van der Waals surface area contributed by atoms with Crippen LogP contribution in [0.15, 0.2) is 88.1 Å². The Morgan fingerprint density at radius 2 is 1.54 bits per heavy atom. The van der Waals surface area contributed by atoms with Crippen molar-refractivity contribution in [3.05, 3.63) is 94.8 Å². The third-order valence-corrected chi connectivity index (χ3v) is 4.28. The van der Waals surface area contributed by atoms with Gasteiger partial charge in [0.05, 0.1) is 5.56 Å². The second-order valence-electron chi connectivity index (χ2n) is 5.91. The SMILES string of the molecule is O=C(O)c1ccc2ccccc2c1-c1cc(-c2ccccc2)oc(=O)c1. The molecule has 26 heavy (non-hydrogen) atoms. The van der Waals surface area contributed by atoms with Crippen molar-refractivity contribution in [3.8, 4) is 22.5 Å². The Labute approximate surface area is 149 Å². The predicted molar refractivity (Wildman–Crippen MR) is 100 cm³/mol. The molecule has 0 amide bonds. The Hall–Kier alpha value is -3.66. The van der Waals surface area contributed by atoms with Gasteiger partial charge < -0.3 is 9.52 Å². The van der Waals surface area contributed by atoms with Gasteiger partial charge in [0.15, 0.2) is 0 Å². The van der Waals surface area contributed by atoms with Gasteiger partial charge in [-0.05, 0) is 28.5 Å². The molecule has 4 heteroatoms. The van der Waals surface area contributed by atoms with E-state index in [1.54, 1.807) is 18.2 Å². The second-order valence-corrected chi connectivity index (χ2v) is 5.91. The number of carboxylic acids is 1. The van der Waals surface area contributed by atoms with Gasteiger partial charge in [-0.3, -0.25) is 0 Å². The van der Waals surface area contributed by atoms with Gasteiger partial charge in [-0.15, -0.1) is 0 Å². The average molecular weight is 342 g/mol. The zero-order valence-electron chi connectivity index (χ0n) is 13.7. The second kappa shape index (κ2) is 6.33. The molecule has 0 radical (unpaired) electrons. The lowest BCUT2D eigenvalue weighted by atomic mass is 9.93. The Kier molecular flexibility index (Phi) is 3.86. The molecule has 0 aliphatic rings. The number of aromatic carboxylic acids is 1. The van der Waals surface area contributed by atoms with Crippen LogP contribution >= 0.6 is 0 Å². The van der Waals surface area contributed by atoms with Gasteiger partial charge in [-0.25, -0.2) is 9.59 Å². The minimum absolute atomic E-state index is 0.147. The molecule has 0 fully saturated rings. The van der Waals surface area contributed by atoms with E-state index >= 15 is 0 Å². The van der Waals surface area contributed by atoms with Gasteiger partial charge in [0.1, 0.15) is 5.76 Å².